The minimum Gasteiger partial charge on any atom is -0.388 e. The average Bonchev–Trinajstić information content (AvgIpc) is 2.44. The lowest BCUT2D eigenvalue weighted by Crippen LogP contribution is -2.62. The van der Waals surface area contributed by atoms with Gasteiger partial charge in [0.2, 0.25) is 0 Å². The van der Waals surface area contributed by atoms with Crippen molar-refractivity contribution in [2.75, 3.05) is 0 Å². The van der Waals surface area contributed by atoms with Crippen LogP contribution in [0.3, 0.4) is 0 Å². The van der Waals surface area contributed by atoms with Gasteiger partial charge in [0, 0.05) is 0 Å². The lowest BCUT2D eigenvalue weighted by atomic mass is 9.98. The molecule has 0 aliphatic carbocycles. The van der Waals surface area contributed by atoms with E-state index in [1.807, 2.05) is 0 Å². The SMILES string of the molecule is C[C@@H]1O[C@@H](O[C@H]2[C@@H](O)[C@H](O)[C@H](O)O[C@H]2C)[C@@H](O)[C@H](O)[C@@H]1O. The second-order valence-corrected chi connectivity index (χ2v) is 5.50. The Labute approximate surface area is 121 Å². The van der Waals surface area contributed by atoms with Crippen molar-refractivity contribution in [1.82, 2.24) is 0 Å². The van der Waals surface area contributed by atoms with E-state index in [-0.39, 0.29) is 0 Å². The van der Waals surface area contributed by atoms with Gasteiger partial charge in [-0.25, -0.2) is 0 Å². The van der Waals surface area contributed by atoms with Gasteiger partial charge < -0.3 is 44.8 Å². The molecule has 2 rings (SSSR count). The summed E-state index contributed by atoms with van der Waals surface area (Å²) in [4.78, 5) is 0. The van der Waals surface area contributed by atoms with Gasteiger partial charge in [-0.15, -0.1) is 0 Å². The summed E-state index contributed by atoms with van der Waals surface area (Å²) in [7, 11) is 0. The van der Waals surface area contributed by atoms with Crippen LogP contribution in [0.15, 0.2) is 0 Å². The normalized spacial score (nSPS) is 55.4. The van der Waals surface area contributed by atoms with Gasteiger partial charge in [-0.1, -0.05) is 0 Å². The van der Waals surface area contributed by atoms with E-state index in [9.17, 15) is 30.6 Å². The highest BCUT2D eigenvalue weighted by molar-refractivity contribution is 4.91. The maximum absolute atomic E-state index is 9.91. The summed E-state index contributed by atoms with van der Waals surface area (Å²) in [5.41, 5.74) is 0. The van der Waals surface area contributed by atoms with Gasteiger partial charge >= 0.3 is 0 Å². The fourth-order valence-corrected chi connectivity index (χ4v) is 2.49. The Morgan fingerprint density at radius 1 is 0.667 bits per heavy atom. The Morgan fingerprint density at radius 2 is 1.29 bits per heavy atom. The maximum atomic E-state index is 9.91. The van der Waals surface area contributed by atoms with Crippen LogP contribution in [-0.2, 0) is 14.2 Å². The fraction of sp³-hybridized carbons (Fsp3) is 1.00. The molecule has 0 bridgehead atoms. The summed E-state index contributed by atoms with van der Waals surface area (Å²) in [5.74, 6) is 0. The molecule has 6 N–H and O–H groups in total. The summed E-state index contributed by atoms with van der Waals surface area (Å²) in [6.45, 7) is 3.00. The minimum atomic E-state index is -1.57. The zero-order chi connectivity index (χ0) is 15.9. The number of ether oxygens (including phenoxy) is 3. The summed E-state index contributed by atoms with van der Waals surface area (Å²) in [6.07, 6.45) is -12.8. The van der Waals surface area contributed by atoms with Crippen molar-refractivity contribution in [3.63, 3.8) is 0 Å². The molecule has 0 unspecified atom stereocenters. The van der Waals surface area contributed by atoms with Gasteiger partial charge in [0.25, 0.3) is 0 Å². The molecule has 10 atom stereocenters. The molecule has 9 nitrogen and oxygen atoms in total. The number of aliphatic hydroxyl groups excluding tert-OH is 6. The molecule has 0 aromatic carbocycles. The fourth-order valence-electron chi connectivity index (χ4n) is 2.49. The number of hydrogen-bond acceptors (Lipinski definition) is 9. The molecule has 2 aliphatic rings. The summed E-state index contributed by atoms with van der Waals surface area (Å²) in [5, 5.41) is 58.0. The average molecular weight is 310 g/mol. The van der Waals surface area contributed by atoms with Gasteiger partial charge in [-0.2, -0.15) is 0 Å². The maximum Gasteiger partial charge on any atom is 0.187 e. The molecule has 0 amide bonds. The molecule has 124 valence electrons. The molecule has 2 aliphatic heterocycles. The van der Waals surface area contributed by atoms with E-state index in [0.717, 1.165) is 0 Å². The zero-order valence-corrected chi connectivity index (χ0v) is 11.7. The number of hydrogen-bond donors (Lipinski definition) is 6. The first kappa shape index (κ1) is 17.0. The first-order valence-electron chi connectivity index (χ1n) is 6.78. The molecule has 0 aromatic heterocycles. The molecule has 0 radical (unpaired) electrons. The Kier molecular flexibility index (Phi) is 5.19. The lowest BCUT2D eigenvalue weighted by molar-refractivity contribution is -0.348. The first-order valence-corrected chi connectivity index (χ1v) is 6.78. The summed E-state index contributed by atoms with van der Waals surface area (Å²) in [6, 6.07) is 0. The van der Waals surface area contributed by atoms with E-state index in [0.29, 0.717) is 0 Å². The van der Waals surface area contributed by atoms with E-state index in [4.69, 9.17) is 14.2 Å². The molecule has 0 spiro atoms. The highest BCUT2D eigenvalue weighted by Gasteiger charge is 2.48. The second-order valence-electron chi connectivity index (χ2n) is 5.50. The van der Waals surface area contributed by atoms with Gasteiger partial charge in [0.15, 0.2) is 12.6 Å². The van der Waals surface area contributed by atoms with Crippen molar-refractivity contribution < 1.29 is 44.8 Å². The molecule has 21 heavy (non-hydrogen) atoms. The number of rotatable bonds is 2. The Bertz CT molecular complexity index is 354. The summed E-state index contributed by atoms with van der Waals surface area (Å²) < 4.78 is 15.6. The van der Waals surface area contributed by atoms with Crippen molar-refractivity contribution in [2.24, 2.45) is 0 Å². The third-order valence-electron chi connectivity index (χ3n) is 3.90. The van der Waals surface area contributed by atoms with Crippen molar-refractivity contribution in [1.29, 1.82) is 0 Å². The van der Waals surface area contributed by atoms with Gasteiger partial charge in [-0.3, -0.25) is 0 Å². The van der Waals surface area contributed by atoms with Crippen LogP contribution < -0.4 is 0 Å². The lowest BCUT2D eigenvalue weighted by Gasteiger charge is -2.44. The largest absolute Gasteiger partial charge is 0.388 e. The third kappa shape index (κ3) is 3.21. The molecule has 9 heteroatoms. The van der Waals surface area contributed by atoms with Crippen molar-refractivity contribution in [3.05, 3.63) is 0 Å². The second kappa shape index (κ2) is 6.41. The van der Waals surface area contributed by atoms with Crippen LogP contribution in [0.2, 0.25) is 0 Å². The van der Waals surface area contributed by atoms with Gasteiger partial charge in [-0.05, 0) is 13.8 Å². The van der Waals surface area contributed by atoms with Gasteiger partial charge in [0.1, 0.15) is 36.6 Å². The van der Waals surface area contributed by atoms with Crippen molar-refractivity contribution in [3.8, 4) is 0 Å². The quantitative estimate of drug-likeness (QED) is 0.308. The molecular weight excluding hydrogens is 288 g/mol. The Hall–Kier alpha value is -0.360. The van der Waals surface area contributed by atoms with E-state index >= 15 is 0 Å². The number of aliphatic hydroxyl groups is 6. The van der Waals surface area contributed by atoms with Crippen LogP contribution in [0, 0.1) is 0 Å². The third-order valence-corrected chi connectivity index (χ3v) is 3.90. The van der Waals surface area contributed by atoms with Crippen molar-refractivity contribution >= 4 is 0 Å². The Balaban J connectivity index is 2.06. The minimum absolute atomic E-state index is 0.784. The van der Waals surface area contributed by atoms with Crippen LogP contribution in [0.4, 0.5) is 0 Å². The van der Waals surface area contributed by atoms with E-state index < -0.39 is 61.4 Å². The molecule has 2 heterocycles. The summed E-state index contributed by atoms with van der Waals surface area (Å²) >= 11 is 0. The molecular formula is C12H22O9. The van der Waals surface area contributed by atoms with Gasteiger partial charge in [0.05, 0.1) is 12.2 Å². The van der Waals surface area contributed by atoms with Crippen LogP contribution in [0.1, 0.15) is 13.8 Å². The van der Waals surface area contributed by atoms with E-state index in [2.05, 4.69) is 0 Å². The van der Waals surface area contributed by atoms with E-state index in [1.165, 1.54) is 13.8 Å². The van der Waals surface area contributed by atoms with Crippen LogP contribution >= 0.6 is 0 Å². The van der Waals surface area contributed by atoms with Crippen LogP contribution in [-0.4, -0.2) is 92.1 Å². The predicted octanol–water partition coefficient (Wildman–Crippen LogP) is -3.34. The first-order chi connectivity index (χ1) is 9.73. The Morgan fingerprint density at radius 3 is 1.90 bits per heavy atom. The van der Waals surface area contributed by atoms with E-state index in [1.54, 1.807) is 0 Å². The molecule has 0 aromatic rings. The topological polar surface area (TPSA) is 149 Å². The predicted molar refractivity (Wildman–Crippen MR) is 65.8 cm³/mol. The molecule has 2 saturated heterocycles. The smallest absolute Gasteiger partial charge is 0.187 e. The van der Waals surface area contributed by atoms with Crippen molar-refractivity contribution in [2.45, 2.75) is 75.3 Å². The van der Waals surface area contributed by atoms with Crippen LogP contribution in [0.25, 0.3) is 0 Å². The highest BCUT2D eigenvalue weighted by Crippen LogP contribution is 2.28. The van der Waals surface area contributed by atoms with Crippen LogP contribution in [0.5, 0.6) is 0 Å². The zero-order valence-electron chi connectivity index (χ0n) is 11.7. The molecule has 0 saturated carbocycles. The molecule has 2 fully saturated rings. The standard InChI is InChI=1S/C12H22O9/c1-3-5(13)6(14)9(17)12(20-3)21-10-4(2)19-11(18)8(16)7(10)15/h3-18H,1-2H3/t3-,4-,5+,6+,7-,8-,9-,10+,11+,12-/m0/s1. The monoisotopic (exact) mass is 310 g/mol. The highest BCUT2D eigenvalue weighted by atomic mass is 16.7.